The van der Waals surface area contributed by atoms with Crippen LogP contribution >= 0.6 is 0 Å². The predicted molar refractivity (Wildman–Crippen MR) is 66.4 cm³/mol. The number of nitrogens with two attached hydrogens (primary N) is 1. The lowest BCUT2D eigenvalue weighted by molar-refractivity contribution is 0.230. The van der Waals surface area contributed by atoms with Gasteiger partial charge in [0.25, 0.3) is 0 Å². The van der Waals surface area contributed by atoms with Gasteiger partial charge in [0.1, 0.15) is 0 Å². The molecule has 0 unspecified atom stereocenters. The van der Waals surface area contributed by atoms with Crippen LogP contribution < -0.4 is 5.73 Å². The monoisotopic (exact) mass is 237 g/mol. The molecule has 1 aliphatic carbocycles. The molecule has 96 valence electrons. The second kappa shape index (κ2) is 5.17. The highest BCUT2D eigenvalue weighted by Crippen LogP contribution is 2.35. The molecule has 0 atom stereocenters. The fourth-order valence-electron chi connectivity index (χ4n) is 2.39. The van der Waals surface area contributed by atoms with Gasteiger partial charge in [-0.1, -0.05) is 25.4 Å². The summed E-state index contributed by atoms with van der Waals surface area (Å²) in [6.45, 7) is 4.44. The molecule has 0 spiro atoms. The molecule has 1 heterocycles. The number of aromatic nitrogens is 2. The van der Waals surface area contributed by atoms with E-state index in [9.17, 15) is 0 Å². The maximum absolute atomic E-state index is 6.40. The molecule has 4 heteroatoms. The van der Waals surface area contributed by atoms with Gasteiger partial charge in [-0.3, -0.25) is 0 Å². The number of aryl methyl sites for hydroxylation is 1. The van der Waals surface area contributed by atoms with Crippen molar-refractivity contribution in [2.45, 2.75) is 64.3 Å². The van der Waals surface area contributed by atoms with Crippen molar-refractivity contribution in [3.8, 4) is 0 Å². The molecular weight excluding hydrogens is 214 g/mol. The first-order valence-electron chi connectivity index (χ1n) is 6.76. The van der Waals surface area contributed by atoms with Crippen LogP contribution in [0.2, 0.25) is 0 Å². The molecule has 2 N–H and O–H groups in total. The molecule has 1 fully saturated rings. The predicted octanol–water partition coefficient (Wildman–Crippen LogP) is 2.78. The van der Waals surface area contributed by atoms with Gasteiger partial charge in [-0.05, 0) is 38.0 Å². The fraction of sp³-hybridized carbons (Fsp3) is 0.846. The van der Waals surface area contributed by atoms with Crippen LogP contribution in [0.4, 0.5) is 0 Å². The van der Waals surface area contributed by atoms with Gasteiger partial charge in [0, 0.05) is 6.42 Å². The van der Waals surface area contributed by atoms with E-state index in [2.05, 4.69) is 24.0 Å². The standard InChI is InChI=1S/C13H23N3O/c1-3-4-5-11-15-12(16-17-11)13(14)8-6-10(2)7-9-13/h10H,3-9,14H2,1-2H3. The van der Waals surface area contributed by atoms with Crippen LogP contribution in [0.5, 0.6) is 0 Å². The third-order valence-corrected chi connectivity index (χ3v) is 3.82. The van der Waals surface area contributed by atoms with Gasteiger partial charge in [0.15, 0.2) is 5.82 Å². The normalized spacial score (nSPS) is 29.5. The highest BCUT2D eigenvalue weighted by Gasteiger charge is 2.36. The molecule has 17 heavy (non-hydrogen) atoms. The third kappa shape index (κ3) is 2.86. The van der Waals surface area contributed by atoms with Gasteiger partial charge in [-0.15, -0.1) is 0 Å². The SMILES string of the molecule is CCCCc1nc(C2(N)CCC(C)CC2)no1. The van der Waals surface area contributed by atoms with E-state index in [0.29, 0.717) is 0 Å². The molecule has 0 bridgehead atoms. The van der Waals surface area contributed by atoms with E-state index >= 15 is 0 Å². The van der Waals surface area contributed by atoms with Gasteiger partial charge in [-0.2, -0.15) is 4.98 Å². The fourth-order valence-corrected chi connectivity index (χ4v) is 2.39. The Morgan fingerprint density at radius 1 is 1.41 bits per heavy atom. The molecule has 0 amide bonds. The van der Waals surface area contributed by atoms with Gasteiger partial charge in [0.05, 0.1) is 5.54 Å². The van der Waals surface area contributed by atoms with Crippen LogP contribution in [0.3, 0.4) is 0 Å². The van der Waals surface area contributed by atoms with Crippen molar-refractivity contribution in [2.75, 3.05) is 0 Å². The van der Waals surface area contributed by atoms with E-state index in [1.54, 1.807) is 0 Å². The van der Waals surface area contributed by atoms with Crippen molar-refractivity contribution < 1.29 is 4.52 Å². The van der Waals surface area contributed by atoms with Gasteiger partial charge < -0.3 is 10.3 Å². The summed E-state index contributed by atoms with van der Waals surface area (Å²) in [5.74, 6) is 2.24. The Hall–Kier alpha value is -0.900. The minimum absolute atomic E-state index is 0.347. The minimum Gasteiger partial charge on any atom is -0.339 e. The van der Waals surface area contributed by atoms with Crippen molar-refractivity contribution in [3.05, 3.63) is 11.7 Å². The zero-order chi connectivity index (χ0) is 12.3. The lowest BCUT2D eigenvalue weighted by atomic mass is 9.77. The molecule has 1 aromatic heterocycles. The molecule has 1 aliphatic rings. The van der Waals surface area contributed by atoms with E-state index in [4.69, 9.17) is 10.3 Å². The number of unbranched alkanes of at least 4 members (excludes halogenated alkanes) is 1. The van der Waals surface area contributed by atoms with Crippen LogP contribution in [-0.4, -0.2) is 10.1 Å². The summed E-state index contributed by atoms with van der Waals surface area (Å²) in [6.07, 6.45) is 7.38. The quantitative estimate of drug-likeness (QED) is 0.874. The van der Waals surface area contributed by atoms with Crippen molar-refractivity contribution >= 4 is 0 Å². The summed E-state index contributed by atoms with van der Waals surface area (Å²) in [5, 5.41) is 4.08. The summed E-state index contributed by atoms with van der Waals surface area (Å²) in [5.41, 5.74) is 6.05. The number of rotatable bonds is 4. The lowest BCUT2D eigenvalue weighted by Gasteiger charge is -2.33. The van der Waals surface area contributed by atoms with Crippen LogP contribution in [0.15, 0.2) is 4.52 Å². The van der Waals surface area contributed by atoms with Crippen LogP contribution in [-0.2, 0) is 12.0 Å². The molecule has 0 aromatic carbocycles. The van der Waals surface area contributed by atoms with Crippen molar-refractivity contribution in [1.82, 2.24) is 10.1 Å². The van der Waals surface area contributed by atoms with Crippen LogP contribution in [0.1, 0.15) is 64.1 Å². The van der Waals surface area contributed by atoms with Gasteiger partial charge in [-0.25, -0.2) is 0 Å². The molecular formula is C13H23N3O. The number of nitrogens with zero attached hydrogens (tertiary/aromatic N) is 2. The Morgan fingerprint density at radius 3 is 2.76 bits per heavy atom. The van der Waals surface area contributed by atoms with Crippen molar-refractivity contribution in [1.29, 1.82) is 0 Å². The first-order valence-corrected chi connectivity index (χ1v) is 6.76. The first kappa shape index (κ1) is 12.6. The highest BCUT2D eigenvalue weighted by atomic mass is 16.5. The van der Waals surface area contributed by atoms with Crippen LogP contribution in [0.25, 0.3) is 0 Å². The summed E-state index contributed by atoms with van der Waals surface area (Å²) in [4.78, 5) is 4.47. The maximum Gasteiger partial charge on any atom is 0.226 e. The zero-order valence-electron chi connectivity index (χ0n) is 10.9. The number of hydrogen-bond acceptors (Lipinski definition) is 4. The van der Waals surface area contributed by atoms with E-state index in [1.807, 2.05) is 0 Å². The van der Waals surface area contributed by atoms with E-state index < -0.39 is 0 Å². The van der Waals surface area contributed by atoms with E-state index in [-0.39, 0.29) is 5.54 Å². The third-order valence-electron chi connectivity index (χ3n) is 3.82. The topological polar surface area (TPSA) is 64.9 Å². The van der Waals surface area contributed by atoms with Gasteiger partial charge >= 0.3 is 0 Å². The molecule has 1 saturated carbocycles. The Kier molecular flexibility index (Phi) is 3.82. The van der Waals surface area contributed by atoms with Crippen molar-refractivity contribution in [2.24, 2.45) is 11.7 Å². The minimum atomic E-state index is -0.347. The second-order valence-corrected chi connectivity index (χ2v) is 5.45. The highest BCUT2D eigenvalue weighted by molar-refractivity contribution is 5.05. The Balaban J connectivity index is 2.03. The molecule has 0 aliphatic heterocycles. The summed E-state index contributed by atoms with van der Waals surface area (Å²) in [7, 11) is 0. The average Bonchev–Trinajstić information content (AvgIpc) is 2.80. The Bertz CT molecular complexity index is 353. The first-order chi connectivity index (χ1) is 8.14. The Morgan fingerprint density at radius 2 is 2.12 bits per heavy atom. The van der Waals surface area contributed by atoms with Gasteiger partial charge in [0.2, 0.25) is 5.89 Å². The molecule has 0 radical (unpaired) electrons. The number of hydrogen-bond donors (Lipinski definition) is 1. The molecule has 4 nitrogen and oxygen atoms in total. The molecule has 1 aromatic rings. The van der Waals surface area contributed by atoms with E-state index in [1.165, 1.54) is 0 Å². The van der Waals surface area contributed by atoms with Crippen LogP contribution in [0, 0.1) is 5.92 Å². The largest absolute Gasteiger partial charge is 0.339 e. The summed E-state index contributed by atoms with van der Waals surface area (Å²) < 4.78 is 5.27. The molecule has 0 saturated heterocycles. The lowest BCUT2D eigenvalue weighted by Crippen LogP contribution is -2.41. The van der Waals surface area contributed by atoms with Crippen molar-refractivity contribution in [3.63, 3.8) is 0 Å². The zero-order valence-corrected chi connectivity index (χ0v) is 10.9. The summed E-state index contributed by atoms with van der Waals surface area (Å²) >= 11 is 0. The summed E-state index contributed by atoms with van der Waals surface area (Å²) in [6, 6.07) is 0. The Labute approximate surface area is 103 Å². The van der Waals surface area contributed by atoms with E-state index in [0.717, 1.165) is 62.6 Å². The molecule has 2 rings (SSSR count). The second-order valence-electron chi connectivity index (χ2n) is 5.45. The smallest absolute Gasteiger partial charge is 0.226 e. The maximum atomic E-state index is 6.40. The average molecular weight is 237 g/mol.